The maximum absolute atomic E-state index is 4.30. The molecule has 1 aliphatic carbocycles. The molecule has 4 heteroatoms. The Hall–Kier alpha value is -0.900. The van der Waals surface area contributed by atoms with Gasteiger partial charge in [-0.25, -0.2) is 4.68 Å². The van der Waals surface area contributed by atoms with Crippen LogP contribution >= 0.6 is 0 Å². The number of hydrogen-bond acceptors (Lipinski definition) is 3. The molecule has 0 saturated carbocycles. The molecule has 4 nitrogen and oxygen atoms in total. The average Bonchev–Trinajstić information content (AvgIpc) is 2.62. The van der Waals surface area contributed by atoms with Gasteiger partial charge in [0.25, 0.3) is 0 Å². The molecule has 14 heavy (non-hydrogen) atoms. The lowest BCUT2D eigenvalue weighted by molar-refractivity contribution is 0.503. The number of nitrogens with zero attached hydrogens (tertiary/aromatic N) is 3. The zero-order valence-corrected chi connectivity index (χ0v) is 8.95. The van der Waals surface area contributed by atoms with Crippen molar-refractivity contribution in [1.29, 1.82) is 0 Å². The van der Waals surface area contributed by atoms with Crippen LogP contribution in [0.5, 0.6) is 0 Å². The Balaban J connectivity index is 2.26. The van der Waals surface area contributed by atoms with Gasteiger partial charge in [0.2, 0.25) is 0 Å². The normalized spacial score (nSPS) is 20.9. The van der Waals surface area contributed by atoms with Crippen molar-refractivity contribution in [2.45, 2.75) is 38.6 Å². The maximum Gasteiger partial charge on any atom is 0.0902 e. The minimum atomic E-state index is 0.573. The smallest absolute Gasteiger partial charge is 0.0902 e. The van der Waals surface area contributed by atoms with Gasteiger partial charge in [-0.15, -0.1) is 5.10 Å². The highest BCUT2D eigenvalue weighted by atomic mass is 15.4. The van der Waals surface area contributed by atoms with E-state index in [9.17, 15) is 0 Å². The number of nitrogens with one attached hydrogen (secondary N) is 1. The standard InChI is InChI=1S/C10H18N4/c1-3-14-9-6-4-5-8(7-11-2)10(9)12-13-14/h8,11H,3-7H2,1-2H3. The first-order valence-corrected chi connectivity index (χ1v) is 5.43. The summed E-state index contributed by atoms with van der Waals surface area (Å²) in [5, 5.41) is 11.7. The number of rotatable bonds is 3. The summed E-state index contributed by atoms with van der Waals surface area (Å²) in [6.45, 7) is 4.08. The molecule has 1 atom stereocenters. The summed E-state index contributed by atoms with van der Waals surface area (Å²) in [4.78, 5) is 0. The number of aromatic nitrogens is 3. The van der Waals surface area contributed by atoms with E-state index in [1.807, 2.05) is 11.7 Å². The van der Waals surface area contributed by atoms with Crippen LogP contribution in [-0.4, -0.2) is 28.6 Å². The molecular weight excluding hydrogens is 176 g/mol. The second-order valence-electron chi connectivity index (χ2n) is 3.88. The third-order valence-corrected chi connectivity index (χ3v) is 2.97. The van der Waals surface area contributed by atoms with E-state index in [4.69, 9.17) is 0 Å². The third kappa shape index (κ3) is 1.54. The zero-order chi connectivity index (χ0) is 9.97. The van der Waals surface area contributed by atoms with Crippen molar-refractivity contribution in [3.63, 3.8) is 0 Å². The van der Waals surface area contributed by atoms with Crippen LogP contribution in [0.1, 0.15) is 37.1 Å². The van der Waals surface area contributed by atoms with Crippen LogP contribution in [0.3, 0.4) is 0 Å². The highest BCUT2D eigenvalue weighted by Gasteiger charge is 2.24. The molecule has 0 aliphatic heterocycles. The van der Waals surface area contributed by atoms with E-state index >= 15 is 0 Å². The van der Waals surface area contributed by atoms with Crippen molar-refractivity contribution in [3.8, 4) is 0 Å². The summed E-state index contributed by atoms with van der Waals surface area (Å²) in [5.41, 5.74) is 2.59. The van der Waals surface area contributed by atoms with Crippen molar-refractivity contribution in [2.75, 3.05) is 13.6 Å². The van der Waals surface area contributed by atoms with E-state index < -0.39 is 0 Å². The number of likely N-dealkylation sites (N-methyl/N-ethyl adjacent to an activating group) is 1. The molecule has 0 amide bonds. The molecule has 1 aromatic heterocycles. The van der Waals surface area contributed by atoms with Crippen LogP contribution in [0.2, 0.25) is 0 Å². The fourth-order valence-electron chi connectivity index (χ4n) is 2.27. The van der Waals surface area contributed by atoms with Crippen LogP contribution in [0, 0.1) is 0 Å². The summed E-state index contributed by atoms with van der Waals surface area (Å²) in [6, 6.07) is 0. The van der Waals surface area contributed by atoms with Crippen molar-refractivity contribution in [1.82, 2.24) is 20.3 Å². The highest BCUT2D eigenvalue weighted by molar-refractivity contribution is 5.19. The molecule has 1 N–H and O–H groups in total. The molecule has 0 radical (unpaired) electrons. The minimum absolute atomic E-state index is 0.573. The first-order valence-electron chi connectivity index (χ1n) is 5.43. The minimum Gasteiger partial charge on any atom is -0.319 e. The average molecular weight is 194 g/mol. The van der Waals surface area contributed by atoms with E-state index in [0.717, 1.165) is 19.5 Å². The first-order chi connectivity index (χ1) is 6.86. The van der Waals surface area contributed by atoms with Gasteiger partial charge in [-0.3, -0.25) is 0 Å². The van der Waals surface area contributed by atoms with Gasteiger partial charge < -0.3 is 5.32 Å². The number of aryl methyl sites for hydroxylation is 1. The molecule has 1 heterocycles. The Morgan fingerprint density at radius 1 is 1.57 bits per heavy atom. The lowest BCUT2D eigenvalue weighted by Crippen LogP contribution is -2.22. The van der Waals surface area contributed by atoms with Crippen LogP contribution in [0.4, 0.5) is 0 Å². The molecule has 1 aliphatic rings. The lowest BCUT2D eigenvalue weighted by atomic mass is 9.90. The van der Waals surface area contributed by atoms with Gasteiger partial charge >= 0.3 is 0 Å². The number of hydrogen-bond donors (Lipinski definition) is 1. The summed E-state index contributed by atoms with van der Waals surface area (Å²) in [6.07, 6.45) is 3.67. The summed E-state index contributed by atoms with van der Waals surface area (Å²) in [7, 11) is 2.00. The van der Waals surface area contributed by atoms with Crippen LogP contribution in [0.25, 0.3) is 0 Å². The van der Waals surface area contributed by atoms with E-state index in [1.165, 1.54) is 24.2 Å². The predicted octanol–water partition coefficient (Wildman–Crippen LogP) is 0.937. The first kappa shape index (κ1) is 9.65. The van der Waals surface area contributed by atoms with Crippen molar-refractivity contribution >= 4 is 0 Å². The summed E-state index contributed by atoms with van der Waals surface area (Å²) in [5.74, 6) is 0.573. The highest BCUT2D eigenvalue weighted by Crippen LogP contribution is 2.28. The van der Waals surface area contributed by atoms with Crippen molar-refractivity contribution < 1.29 is 0 Å². The van der Waals surface area contributed by atoms with Gasteiger partial charge in [0.05, 0.1) is 11.4 Å². The predicted molar refractivity (Wildman–Crippen MR) is 55.3 cm³/mol. The van der Waals surface area contributed by atoms with E-state index in [2.05, 4.69) is 22.6 Å². The van der Waals surface area contributed by atoms with Crippen LogP contribution < -0.4 is 5.32 Å². The molecule has 1 unspecified atom stereocenters. The zero-order valence-electron chi connectivity index (χ0n) is 8.95. The molecule has 78 valence electrons. The van der Waals surface area contributed by atoms with E-state index in [0.29, 0.717) is 5.92 Å². The molecule has 2 rings (SSSR count). The monoisotopic (exact) mass is 194 g/mol. The Kier molecular flexibility index (Phi) is 2.82. The third-order valence-electron chi connectivity index (χ3n) is 2.97. The van der Waals surface area contributed by atoms with Gasteiger partial charge in [-0.1, -0.05) is 5.21 Å². The molecule has 1 aromatic rings. The molecular formula is C10H18N4. The summed E-state index contributed by atoms with van der Waals surface area (Å²) >= 11 is 0. The van der Waals surface area contributed by atoms with Gasteiger partial charge in [-0.2, -0.15) is 0 Å². The Labute approximate surface area is 84.7 Å². The Morgan fingerprint density at radius 3 is 3.14 bits per heavy atom. The lowest BCUT2D eigenvalue weighted by Gasteiger charge is -2.20. The van der Waals surface area contributed by atoms with Gasteiger partial charge in [-0.05, 0) is 33.2 Å². The van der Waals surface area contributed by atoms with Crippen LogP contribution in [0.15, 0.2) is 0 Å². The Bertz CT molecular complexity index is 305. The van der Waals surface area contributed by atoms with E-state index in [1.54, 1.807) is 0 Å². The molecule has 0 spiro atoms. The van der Waals surface area contributed by atoms with Gasteiger partial charge in [0.15, 0.2) is 0 Å². The van der Waals surface area contributed by atoms with E-state index in [-0.39, 0.29) is 0 Å². The molecule has 0 saturated heterocycles. The van der Waals surface area contributed by atoms with Gasteiger partial charge in [0, 0.05) is 19.0 Å². The topological polar surface area (TPSA) is 42.7 Å². The fraction of sp³-hybridized carbons (Fsp3) is 0.800. The summed E-state index contributed by atoms with van der Waals surface area (Å²) < 4.78 is 2.04. The number of fused-ring (bicyclic) bond motifs is 1. The quantitative estimate of drug-likeness (QED) is 0.778. The van der Waals surface area contributed by atoms with Crippen molar-refractivity contribution in [2.24, 2.45) is 0 Å². The second kappa shape index (κ2) is 4.09. The second-order valence-corrected chi connectivity index (χ2v) is 3.88. The maximum atomic E-state index is 4.30. The molecule has 0 fully saturated rings. The molecule has 0 bridgehead atoms. The van der Waals surface area contributed by atoms with Crippen molar-refractivity contribution in [3.05, 3.63) is 11.4 Å². The van der Waals surface area contributed by atoms with Gasteiger partial charge in [0.1, 0.15) is 0 Å². The Morgan fingerprint density at radius 2 is 2.43 bits per heavy atom. The van der Waals surface area contributed by atoms with Crippen LogP contribution in [-0.2, 0) is 13.0 Å². The fourth-order valence-corrected chi connectivity index (χ4v) is 2.27. The SMILES string of the molecule is CCn1nnc2c1CCCC2CNC. The largest absolute Gasteiger partial charge is 0.319 e. The molecule has 0 aromatic carbocycles.